The van der Waals surface area contributed by atoms with Crippen molar-refractivity contribution < 1.29 is 23.5 Å². The Bertz CT molecular complexity index is 560. The molecule has 0 bridgehead atoms. The largest absolute Gasteiger partial charge is 0.483 e. The predicted octanol–water partition coefficient (Wildman–Crippen LogP) is 2.80. The normalized spacial score (nSPS) is 30.1. The van der Waals surface area contributed by atoms with E-state index in [9.17, 15) is 14.5 Å². The first-order chi connectivity index (χ1) is 9.84. The second-order valence-electron chi connectivity index (χ2n) is 5.79. The number of ether oxygens (including phenoxy) is 3. The molecule has 1 aliphatic carbocycles. The maximum Gasteiger partial charge on any atom is 0.311 e. The van der Waals surface area contributed by atoms with Crippen LogP contribution in [0.4, 0.5) is 10.1 Å². The summed E-state index contributed by atoms with van der Waals surface area (Å²) in [4.78, 5) is 10.4. The van der Waals surface area contributed by atoms with Gasteiger partial charge in [0.2, 0.25) is 0 Å². The van der Waals surface area contributed by atoms with E-state index < -0.39 is 16.5 Å². The van der Waals surface area contributed by atoms with Crippen LogP contribution < -0.4 is 4.74 Å². The Morgan fingerprint density at radius 3 is 2.52 bits per heavy atom. The zero-order chi connectivity index (χ0) is 15.2. The van der Waals surface area contributed by atoms with E-state index in [0.29, 0.717) is 12.8 Å². The standard InChI is InChI=1S/C14H16FNO5/c1-14(2)20-12-6-9(7-13(12)21-14)19-11-5-8(15)3-4-10(11)16(17)18/h3-5,9,12-13H,6-7H2,1-2H3/t9?,12-,13+. The molecule has 3 atom stereocenters. The van der Waals surface area contributed by atoms with E-state index in [1.54, 1.807) is 0 Å². The number of nitrogens with zero attached hydrogens (tertiary/aromatic N) is 1. The summed E-state index contributed by atoms with van der Waals surface area (Å²) in [5, 5.41) is 10.9. The van der Waals surface area contributed by atoms with Crippen LogP contribution >= 0.6 is 0 Å². The molecule has 1 aliphatic heterocycles. The molecule has 2 fully saturated rings. The lowest BCUT2D eigenvalue weighted by Gasteiger charge is -2.21. The van der Waals surface area contributed by atoms with E-state index in [2.05, 4.69) is 0 Å². The molecule has 1 heterocycles. The molecule has 2 aliphatic rings. The van der Waals surface area contributed by atoms with Crippen LogP contribution in [0.25, 0.3) is 0 Å². The fraction of sp³-hybridized carbons (Fsp3) is 0.571. The molecule has 21 heavy (non-hydrogen) atoms. The van der Waals surface area contributed by atoms with Gasteiger partial charge in [-0.3, -0.25) is 10.1 Å². The summed E-state index contributed by atoms with van der Waals surface area (Å²) in [6.45, 7) is 3.69. The lowest BCUT2D eigenvalue weighted by Crippen LogP contribution is -2.25. The van der Waals surface area contributed by atoms with Crippen molar-refractivity contribution in [3.05, 3.63) is 34.1 Å². The highest BCUT2D eigenvalue weighted by atomic mass is 19.1. The van der Waals surface area contributed by atoms with Crippen LogP contribution in [0.2, 0.25) is 0 Å². The molecule has 3 rings (SSSR count). The fourth-order valence-corrected chi connectivity index (χ4v) is 2.93. The SMILES string of the molecule is CC1(C)O[C@H]2CC(Oc3cc(F)ccc3[N+](=O)[O-])C[C@H]2O1. The van der Waals surface area contributed by atoms with Gasteiger partial charge in [0.1, 0.15) is 11.9 Å². The van der Waals surface area contributed by atoms with E-state index in [1.807, 2.05) is 13.8 Å². The molecule has 114 valence electrons. The van der Waals surface area contributed by atoms with E-state index >= 15 is 0 Å². The van der Waals surface area contributed by atoms with Gasteiger partial charge in [-0.15, -0.1) is 0 Å². The van der Waals surface area contributed by atoms with Gasteiger partial charge in [-0.1, -0.05) is 0 Å². The second-order valence-corrected chi connectivity index (χ2v) is 5.79. The van der Waals surface area contributed by atoms with Gasteiger partial charge in [-0.05, 0) is 19.9 Å². The average molecular weight is 297 g/mol. The summed E-state index contributed by atoms with van der Waals surface area (Å²) in [7, 11) is 0. The van der Waals surface area contributed by atoms with Gasteiger partial charge in [0.05, 0.1) is 17.1 Å². The summed E-state index contributed by atoms with van der Waals surface area (Å²) < 4.78 is 30.3. The smallest absolute Gasteiger partial charge is 0.311 e. The van der Waals surface area contributed by atoms with Crippen molar-refractivity contribution in [3.8, 4) is 5.75 Å². The lowest BCUT2D eigenvalue weighted by atomic mass is 10.2. The number of hydrogen-bond donors (Lipinski definition) is 0. The number of rotatable bonds is 3. The van der Waals surface area contributed by atoms with Crippen molar-refractivity contribution in [2.24, 2.45) is 0 Å². The van der Waals surface area contributed by atoms with Crippen molar-refractivity contribution in [3.63, 3.8) is 0 Å². The maximum absolute atomic E-state index is 13.3. The topological polar surface area (TPSA) is 70.8 Å². The van der Waals surface area contributed by atoms with Crippen molar-refractivity contribution in [1.82, 2.24) is 0 Å². The molecule has 6 nitrogen and oxygen atoms in total. The molecule has 0 spiro atoms. The number of nitro groups is 1. The summed E-state index contributed by atoms with van der Waals surface area (Å²) in [5.74, 6) is -1.22. The molecule has 0 aromatic heterocycles. The van der Waals surface area contributed by atoms with Gasteiger partial charge in [0.15, 0.2) is 11.5 Å². The van der Waals surface area contributed by atoms with Gasteiger partial charge < -0.3 is 14.2 Å². The Hall–Kier alpha value is -1.73. The molecule has 1 aromatic carbocycles. The monoisotopic (exact) mass is 297 g/mol. The third-order valence-corrected chi connectivity index (χ3v) is 3.69. The Balaban J connectivity index is 1.72. The summed E-state index contributed by atoms with van der Waals surface area (Å²) in [6.07, 6.45) is 0.690. The number of nitro benzene ring substituents is 1. The highest BCUT2D eigenvalue weighted by Crippen LogP contribution is 2.40. The molecule has 1 unspecified atom stereocenters. The van der Waals surface area contributed by atoms with Crippen LogP contribution in [0.3, 0.4) is 0 Å². The zero-order valence-corrected chi connectivity index (χ0v) is 11.7. The van der Waals surface area contributed by atoms with E-state index in [0.717, 1.165) is 18.2 Å². The van der Waals surface area contributed by atoms with E-state index in [1.165, 1.54) is 0 Å². The quantitative estimate of drug-likeness (QED) is 0.633. The number of hydrogen-bond acceptors (Lipinski definition) is 5. The molecule has 7 heteroatoms. The molecule has 1 aromatic rings. The third kappa shape index (κ3) is 2.84. The van der Waals surface area contributed by atoms with Crippen molar-refractivity contribution in [2.75, 3.05) is 0 Å². The van der Waals surface area contributed by atoms with Gasteiger partial charge >= 0.3 is 5.69 Å². The Labute approximate surface area is 120 Å². The minimum atomic E-state index is -0.606. The van der Waals surface area contributed by atoms with Crippen LogP contribution in [0.1, 0.15) is 26.7 Å². The lowest BCUT2D eigenvalue weighted by molar-refractivity contribution is -0.386. The Kier molecular flexibility index (Phi) is 3.33. The minimum Gasteiger partial charge on any atom is -0.483 e. The molecule has 1 saturated carbocycles. The third-order valence-electron chi connectivity index (χ3n) is 3.69. The second kappa shape index (κ2) is 4.92. The maximum atomic E-state index is 13.3. The van der Waals surface area contributed by atoms with Gasteiger partial charge in [0, 0.05) is 25.0 Å². The minimum absolute atomic E-state index is 0.0516. The molecule has 1 saturated heterocycles. The summed E-state index contributed by atoms with van der Waals surface area (Å²) in [6, 6.07) is 3.19. The molecular weight excluding hydrogens is 281 g/mol. The average Bonchev–Trinajstić information content (AvgIpc) is 2.81. The van der Waals surface area contributed by atoms with Gasteiger partial charge in [-0.2, -0.15) is 0 Å². The number of fused-ring (bicyclic) bond motifs is 1. The Morgan fingerprint density at radius 2 is 1.95 bits per heavy atom. The van der Waals surface area contributed by atoms with Crippen molar-refractivity contribution >= 4 is 5.69 Å². The van der Waals surface area contributed by atoms with Crippen LogP contribution in [0.15, 0.2) is 18.2 Å². The van der Waals surface area contributed by atoms with Gasteiger partial charge in [-0.25, -0.2) is 4.39 Å². The molecule has 0 amide bonds. The van der Waals surface area contributed by atoms with Crippen LogP contribution in [-0.4, -0.2) is 29.0 Å². The number of halogens is 1. The zero-order valence-electron chi connectivity index (χ0n) is 11.7. The van der Waals surface area contributed by atoms with E-state index in [-0.39, 0.29) is 29.7 Å². The molecule has 0 radical (unpaired) electrons. The molecule has 0 N–H and O–H groups in total. The predicted molar refractivity (Wildman–Crippen MR) is 70.5 cm³/mol. The first-order valence-corrected chi connectivity index (χ1v) is 6.80. The Morgan fingerprint density at radius 1 is 1.33 bits per heavy atom. The highest BCUT2D eigenvalue weighted by Gasteiger charge is 2.48. The number of benzene rings is 1. The first-order valence-electron chi connectivity index (χ1n) is 6.80. The van der Waals surface area contributed by atoms with Crippen LogP contribution in [0, 0.1) is 15.9 Å². The molecular formula is C14H16FNO5. The van der Waals surface area contributed by atoms with Crippen LogP contribution in [-0.2, 0) is 9.47 Å². The summed E-state index contributed by atoms with van der Waals surface area (Å²) in [5.41, 5.74) is -0.240. The fourth-order valence-electron chi connectivity index (χ4n) is 2.93. The first kappa shape index (κ1) is 14.2. The van der Waals surface area contributed by atoms with Crippen molar-refractivity contribution in [1.29, 1.82) is 0 Å². The van der Waals surface area contributed by atoms with Crippen LogP contribution in [0.5, 0.6) is 5.75 Å². The highest BCUT2D eigenvalue weighted by molar-refractivity contribution is 5.46. The summed E-state index contributed by atoms with van der Waals surface area (Å²) >= 11 is 0. The van der Waals surface area contributed by atoms with Crippen molar-refractivity contribution in [2.45, 2.75) is 50.8 Å². The van der Waals surface area contributed by atoms with Gasteiger partial charge in [0.25, 0.3) is 0 Å². The van der Waals surface area contributed by atoms with E-state index in [4.69, 9.17) is 14.2 Å².